The summed E-state index contributed by atoms with van der Waals surface area (Å²) in [5, 5.41) is 2.95. The SMILES string of the molecule is Cc1ncoc1C(=O)NC(CN)C1CCCC1.Cl. The van der Waals surface area contributed by atoms with Crippen molar-refractivity contribution >= 4 is 18.3 Å². The fourth-order valence-electron chi connectivity index (χ4n) is 2.48. The van der Waals surface area contributed by atoms with Crippen LogP contribution in [0.1, 0.15) is 41.9 Å². The highest BCUT2D eigenvalue weighted by atomic mass is 35.5. The van der Waals surface area contributed by atoms with Gasteiger partial charge in [-0.1, -0.05) is 12.8 Å². The number of nitrogens with two attached hydrogens (primary N) is 1. The molecule has 0 aromatic carbocycles. The quantitative estimate of drug-likeness (QED) is 0.874. The predicted octanol–water partition coefficient (Wildman–Crippen LogP) is 1.65. The third-order valence-electron chi connectivity index (χ3n) is 3.49. The lowest BCUT2D eigenvalue weighted by molar-refractivity contribution is 0.0895. The molecule has 1 aliphatic rings. The Bertz CT molecular complexity index is 388. The maximum atomic E-state index is 12.0. The summed E-state index contributed by atoms with van der Waals surface area (Å²) in [7, 11) is 0. The van der Waals surface area contributed by atoms with E-state index in [0.29, 0.717) is 23.9 Å². The molecule has 1 unspecified atom stereocenters. The van der Waals surface area contributed by atoms with Gasteiger partial charge in [0.15, 0.2) is 6.39 Å². The van der Waals surface area contributed by atoms with E-state index in [0.717, 1.165) is 12.8 Å². The van der Waals surface area contributed by atoms with Crippen LogP contribution in [0, 0.1) is 12.8 Å². The van der Waals surface area contributed by atoms with Gasteiger partial charge in [0.2, 0.25) is 5.76 Å². The van der Waals surface area contributed by atoms with Gasteiger partial charge in [-0.3, -0.25) is 4.79 Å². The molecule has 1 atom stereocenters. The third-order valence-corrected chi connectivity index (χ3v) is 3.49. The molecule has 3 N–H and O–H groups in total. The molecule has 1 aliphatic carbocycles. The molecule has 18 heavy (non-hydrogen) atoms. The zero-order valence-corrected chi connectivity index (χ0v) is 11.3. The smallest absolute Gasteiger partial charge is 0.289 e. The molecule has 1 heterocycles. The minimum Gasteiger partial charge on any atom is -0.438 e. The van der Waals surface area contributed by atoms with Gasteiger partial charge in [-0.25, -0.2) is 4.98 Å². The maximum Gasteiger partial charge on any atom is 0.289 e. The Morgan fingerprint density at radius 2 is 2.28 bits per heavy atom. The number of amides is 1. The largest absolute Gasteiger partial charge is 0.438 e. The van der Waals surface area contributed by atoms with Crippen molar-refractivity contribution in [2.75, 3.05) is 6.54 Å². The van der Waals surface area contributed by atoms with E-state index < -0.39 is 0 Å². The van der Waals surface area contributed by atoms with Crippen LogP contribution in [0.2, 0.25) is 0 Å². The van der Waals surface area contributed by atoms with Gasteiger partial charge in [0.25, 0.3) is 5.91 Å². The Balaban J connectivity index is 0.00000162. The van der Waals surface area contributed by atoms with Gasteiger partial charge in [0.05, 0.1) is 5.69 Å². The van der Waals surface area contributed by atoms with Crippen molar-refractivity contribution in [3.05, 3.63) is 17.8 Å². The Kier molecular flexibility index (Phi) is 5.62. The van der Waals surface area contributed by atoms with Gasteiger partial charge in [0, 0.05) is 12.6 Å². The summed E-state index contributed by atoms with van der Waals surface area (Å²) in [4.78, 5) is 15.9. The molecule has 5 nitrogen and oxygen atoms in total. The topological polar surface area (TPSA) is 81.2 Å². The van der Waals surface area contributed by atoms with E-state index >= 15 is 0 Å². The van der Waals surface area contributed by atoms with Crippen molar-refractivity contribution in [2.45, 2.75) is 38.6 Å². The maximum absolute atomic E-state index is 12.0. The van der Waals surface area contributed by atoms with Crippen molar-refractivity contribution in [1.29, 1.82) is 0 Å². The Morgan fingerprint density at radius 1 is 1.61 bits per heavy atom. The van der Waals surface area contributed by atoms with Gasteiger partial charge in [-0.05, 0) is 25.7 Å². The molecular weight excluding hydrogens is 254 g/mol. The van der Waals surface area contributed by atoms with Crippen molar-refractivity contribution in [3.8, 4) is 0 Å². The van der Waals surface area contributed by atoms with E-state index in [1.54, 1.807) is 6.92 Å². The van der Waals surface area contributed by atoms with Crippen molar-refractivity contribution in [3.63, 3.8) is 0 Å². The van der Waals surface area contributed by atoms with Gasteiger partial charge < -0.3 is 15.5 Å². The number of carbonyl (C=O) groups excluding carboxylic acids is 1. The fraction of sp³-hybridized carbons (Fsp3) is 0.667. The van der Waals surface area contributed by atoms with Crippen LogP contribution >= 0.6 is 12.4 Å². The summed E-state index contributed by atoms with van der Waals surface area (Å²) >= 11 is 0. The number of hydrogen-bond acceptors (Lipinski definition) is 4. The average Bonchev–Trinajstić information content (AvgIpc) is 2.96. The average molecular weight is 274 g/mol. The molecule has 1 aromatic heterocycles. The monoisotopic (exact) mass is 273 g/mol. The minimum absolute atomic E-state index is 0. The molecule has 2 rings (SSSR count). The molecule has 102 valence electrons. The summed E-state index contributed by atoms with van der Waals surface area (Å²) in [5.41, 5.74) is 6.35. The second-order valence-electron chi connectivity index (χ2n) is 4.63. The van der Waals surface area contributed by atoms with Crippen molar-refractivity contribution < 1.29 is 9.21 Å². The van der Waals surface area contributed by atoms with Crippen LogP contribution in [-0.4, -0.2) is 23.5 Å². The summed E-state index contributed by atoms with van der Waals surface area (Å²) in [5.74, 6) is 0.593. The second kappa shape index (κ2) is 6.75. The molecule has 1 fully saturated rings. The predicted molar refractivity (Wildman–Crippen MR) is 70.8 cm³/mol. The van der Waals surface area contributed by atoms with Gasteiger partial charge >= 0.3 is 0 Å². The lowest BCUT2D eigenvalue weighted by atomic mass is 9.98. The zero-order chi connectivity index (χ0) is 12.3. The van der Waals surface area contributed by atoms with E-state index in [-0.39, 0.29) is 24.4 Å². The van der Waals surface area contributed by atoms with Crippen LogP contribution < -0.4 is 11.1 Å². The van der Waals surface area contributed by atoms with Crippen molar-refractivity contribution in [1.82, 2.24) is 10.3 Å². The van der Waals surface area contributed by atoms with E-state index in [1.165, 1.54) is 19.2 Å². The first-order chi connectivity index (χ1) is 8.22. The van der Waals surface area contributed by atoms with E-state index in [4.69, 9.17) is 10.2 Å². The van der Waals surface area contributed by atoms with Gasteiger partial charge in [-0.2, -0.15) is 0 Å². The number of aromatic nitrogens is 1. The van der Waals surface area contributed by atoms with Gasteiger partial charge in [-0.15, -0.1) is 12.4 Å². The van der Waals surface area contributed by atoms with Crippen LogP contribution in [-0.2, 0) is 0 Å². The highest BCUT2D eigenvalue weighted by Crippen LogP contribution is 2.27. The Morgan fingerprint density at radius 3 is 2.78 bits per heavy atom. The van der Waals surface area contributed by atoms with Gasteiger partial charge in [0.1, 0.15) is 0 Å². The summed E-state index contributed by atoms with van der Waals surface area (Å²) in [6.45, 7) is 2.23. The molecule has 0 saturated heterocycles. The summed E-state index contributed by atoms with van der Waals surface area (Å²) in [6, 6.07) is 0.0505. The third kappa shape index (κ3) is 3.23. The molecular formula is C12H20ClN3O2. The van der Waals surface area contributed by atoms with Crippen LogP contribution in [0.5, 0.6) is 0 Å². The number of rotatable bonds is 4. The number of aryl methyl sites for hydroxylation is 1. The minimum atomic E-state index is -0.206. The summed E-state index contributed by atoms with van der Waals surface area (Å²) < 4.78 is 5.07. The Hall–Kier alpha value is -1.07. The summed E-state index contributed by atoms with van der Waals surface area (Å²) in [6.07, 6.45) is 6.06. The zero-order valence-electron chi connectivity index (χ0n) is 10.5. The highest BCUT2D eigenvalue weighted by Gasteiger charge is 2.26. The molecule has 1 aromatic rings. The number of nitrogens with one attached hydrogen (secondary N) is 1. The molecule has 6 heteroatoms. The number of oxazole rings is 1. The first-order valence-electron chi connectivity index (χ1n) is 6.13. The first-order valence-corrected chi connectivity index (χ1v) is 6.13. The van der Waals surface area contributed by atoms with Crippen LogP contribution in [0.3, 0.4) is 0 Å². The van der Waals surface area contributed by atoms with Crippen molar-refractivity contribution in [2.24, 2.45) is 11.7 Å². The molecule has 0 radical (unpaired) electrons. The lowest BCUT2D eigenvalue weighted by Gasteiger charge is -2.22. The van der Waals surface area contributed by atoms with E-state index in [2.05, 4.69) is 10.3 Å². The van der Waals surface area contributed by atoms with Crippen LogP contribution in [0.25, 0.3) is 0 Å². The van der Waals surface area contributed by atoms with Crippen LogP contribution in [0.15, 0.2) is 10.8 Å². The molecule has 0 bridgehead atoms. The fourth-order valence-corrected chi connectivity index (χ4v) is 2.48. The van der Waals surface area contributed by atoms with Crippen LogP contribution in [0.4, 0.5) is 0 Å². The second-order valence-corrected chi connectivity index (χ2v) is 4.63. The normalized spacial score (nSPS) is 17.2. The number of hydrogen-bond donors (Lipinski definition) is 2. The molecule has 0 spiro atoms. The first kappa shape index (κ1) is 15.0. The molecule has 0 aliphatic heterocycles. The Labute approximate surface area is 113 Å². The highest BCUT2D eigenvalue weighted by molar-refractivity contribution is 5.92. The number of halogens is 1. The molecule has 1 saturated carbocycles. The molecule has 1 amide bonds. The van der Waals surface area contributed by atoms with E-state index in [1.807, 2.05) is 0 Å². The number of nitrogens with zero attached hydrogens (tertiary/aromatic N) is 1. The standard InChI is InChI=1S/C12H19N3O2.ClH/c1-8-11(17-7-14-8)12(16)15-10(6-13)9-4-2-3-5-9;/h7,9-10H,2-6,13H2,1H3,(H,15,16);1H. The van der Waals surface area contributed by atoms with E-state index in [9.17, 15) is 4.79 Å². The lowest BCUT2D eigenvalue weighted by Crippen LogP contribution is -2.44. The number of carbonyl (C=O) groups is 1.